The number of ether oxygens (including phenoxy) is 4. The topological polar surface area (TPSA) is 416 Å². The number of nitrogens with one attached hydrogen (secondary N) is 2. The number of allylic oxidation sites excluding steroid dienone is 1. The van der Waals surface area contributed by atoms with Crippen molar-refractivity contribution in [2.45, 2.75) is 117 Å². The third-order valence-corrected chi connectivity index (χ3v) is 26.2. The summed E-state index contributed by atoms with van der Waals surface area (Å²) >= 11 is 17.2. The average Bonchev–Trinajstić information content (AvgIpc) is 1.59. The molecule has 8 aromatic heterocycles. The Morgan fingerprint density at radius 2 is 0.693 bits per heavy atom. The minimum absolute atomic E-state index is 0.0737. The molecule has 19 rings (SSSR count). The van der Waals surface area contributed by atoms with E-state index in [0.29, 0.717) is 89.5 Å². The van der Waals surface area contributed by atoms with Crippen molar-refractivity contribution in [2.75, 3.05) is 93.2 Å². The van der Waals surface area contributed by atoms with Gasteiger partial charge in [0.1, 0.15) is 51.4 Å². The fraction of sp³-hybridized carbons (Fsp3) is 0.275. The SMILES string of the molecule is Brc1ccc(Oc2ccccn2)cc1.C=CC(=O)Cl.C=CC(=O)N1CCN(c2ccc(C(N)=O)c(-c3ccc(Oc4ccccn4)cc3)n2)CC1.CC1(C)OB(B2OC(C)(C)C(C)(C)O2)OC1(C)C.CC1(C)OB(c2ccc(Oc3ccccn3)cc2)OC1(C)C.Fc1ccccn1.NC(=O)c1ccc(N2CCNCC2)nc1-c1ccc(Oc2ccccn2)cc1.NC(=O)c1ccc(N2CCNCC2)nc1Cl.Oc1ccc(Br)cc1. The van der Waals surface area contributed by atoms with E-state index < -0.39 is 42.9 Å². The van der Waals surface area contributed by atoms with E-state index in [9.17, 15) is 28.4 Å². The third kappa shape index (κ3) is 34.6. The Balaban J connectivity index is 0.000000167. The molecular weight excluding hydrogens is 2090 g/mol. The van der Waals surface area contributed by atoms with Crippen molar-refractivity contribution < 1.29 is 80.3 Å². The Labute approximate surface area is 901 Å². The maximum absolute atomic E-state index is 12.0. The second-order valence-electron chi connectivity index (χ2n) is 36.8. The van der Waals surface area contributed by atoms with Crippen LogP contribution < -0.4 is 66.9 Å². The van der Waals surface area contributed by atoms with Crippen LogP contribution >= 0.6 is 55.1 Å². The summed E-state index contributed by atoms with van der Waals surface area (Å²) in [6.45, 7) is 40.7. The first-order valence-corrected chi connectivity index (χ1v) is 50.3. The first-order chi connectivity index (χ1) is 71.5. The van der Waals surface area contributed by atoms with Gasteiger partial charge in [-0.1, -0.05) is 99.1 Å². The van der Waals surface area contributed by atoms with Crippen LogP contribution in [0.25, 0.3) is 22.5 Å². The lowest BCUT2D eigenvalue weighted by atomic mass is 9.49. The molecule has 0 radical (unpaired) electrons. The molecule has 13 aromatic rings. The summed E-state index contributed by atoms with van der Waals surface area (Å²) in [6.07, 6.45) is 10.5. The molecule has 782 valence electrons. The highest BCUT2D eigenvalue weighted by atomic mass is 79.9. The van der Waals surface area contributed by atoms with Crippen molar-refractivity contribution in [3.05, 3.63) is 342 Å². The fourth-order valence-electron chi connectivity index (χ4n) is 14.4. The summed E-state index contributed by atoms with van der Waals surface area (Å²) in [4.78, 5) is 97.8. The van der Waals surface area contributed by atoms with E-state index in [0.717, 1.165) is 113 Å². The van der Waals surface area contributed by atoms with Crippen molar-refractivity contribution in [1.82, 2.24) is 55.4 Å². The minimum atomic E-state index is -0.552. The molecule has 9 N–H and O–H groups in total. The molecule has 5 aromatic carbocycles. The number of hydrogen-bond acceptors (Lipinski definition) is 29. The number of nitrogens with two attached hydrogens (primary N) is 3. The summed E-state index contributed by atoms with van der Waals surface area (Å²) in [5, 5.41) is 15.0. The number of amides is 4. The molecule has 6 fully saturated rings. The lowest BCUT2D eigenvalue weighted by Gasteiger charge is -2.35. The van der Waals surface area contributed by atoms with Crippen molar-refractivity contribution in [3.63, 3.8) is 0 Å². The molecule has 0 saturated carbocycles. The van der Waals surface area contributed by atoms with Gasteiger partial charge in [0.2, 0.25) is 40.6 Å². The number of pyridine rings is 8. The molecule has 0 aliphatic carbocycles. The summed E-state index contributed by atoms with van der Waals surface area (Å²) < 4.78 is 72.4. The Bertz CT molecular complexity index is 6460. The van der Waals surface area contributed by atoms with Gasteiger partial charge >= 0.3 is 21.1 Å². The normalized spacial score (nSPS) is 15.9. The molecule has 6 aliphatic heterocycles. The molecule has 41 heteroatoms. The second kappa shape index (κ2) is 55.0. The number of carbonyl (C=O) groups excluding carboxylic acids is 5. The minimum Gasteiger partial charge on any atom is -0.508 e. The quantitative estimate of drug-likeness (QED) is 0.0179. The van der Waals surface area contributed by atoms with Crippen LogP contribution in [0.15, 0.2) is 314 Å². The van der Waals surface area contributed by atoms with E-state index in [4.69, 9.17) is 102 Å². The Morgan fingerprint density at radius 1 is 0.393 bits per heavy atom. The predicted molar refractivity (Wildman–Crippen MR) is 590 cm³/mol. The van der Waals surface area contributed by atoms with Gasteiger partial charge in [-0.25, -0.2) is 39.9 Å². The first-order valence-electron chi connectivity index (χ1n) is 48.0. The number of benzene rings is 5. The summed E-state index contributed by atoms with van der Waals surface area (Å²) in [7, 11) is -1.30. The van der Waals surface area contributed by atoms with Gasteiger partial charge in [0.25, 0.3) is 17.7 Å². The number of anilines is 3. The van der Waals surface area contributed by atoms with Gasteiger partial charge in [0, 0.05) is 154 Å². The first kappa shape index (κ1) is 116. The van der Waals surface area contributed by atoms with E-state index >= 15 is 0 Å². The Hall–Kier alpha value is -13.9. The molecule has 150 heavy (non-hydrogen) atoms. The lowest BCUT2D eigenvalue weighted by molar-refractivity contribution is -0.126. The number of phenols is 1. The number of nitrogens with zero attached hydrogens (tertiary/aromatic N) is 12. The summed E-state index contributed by atoms with van der Waals surface area (Å²) in [5.41, 5.74) is 18.8. The van der Waals surface area contributed by atoms with Crippen LogP contribution in [-0.4, -0.2) is 212 Å². The largest absolute Gasteiger partial charge is 0.508 e. The highest BCUT2D eigenvalue weighted by Gasteiger charge is 2.64. The van der Waals surface area contributed by atoms with Crippen LogP contribution in [0.3, 0.4) is 0 Å². The van der Waals surface area contributed by atoms with Gasteiger partial charge in [-0.05, 0) is 294 Å². The molecule has 0 unspecified atom stereocenters. The van der Waals surface area contributed by atoms with Gasteiger partial charge in [-0.15, -0.1) is 0 Å². The molecule has 14 heterocycles. The number of primary amides is 3. The maximum Gasteiger partial charge on any atom is 0.494 e. The van der Waals surface area contributed by atoms with Crippen LogP contribution in [0.4, 0.5) is 21.8 Å². The Kier molecular flexibility index (Phi) is 42.7. The Morgan fingerprint density at radius 3 is 0.980 bits per heavy atom. The zero-order valence-corrected chi connectivity index (χ0v) is 90.1. The van der Waals surface area contributed by atoms with Gasteiger partial charge in [0.15, 0.2) is 0 Å². The highest BCUT2D eigenvalue weighted by molar-refractivity contribution is 9.10. The number of hydrogen-bond donors (Lipinski definition) is 6. The molecule has 4 amide bonds. The average molecular weight is 2210 g/mol. The summed E-state index contributed by atoms with van der Waals surface area (Å²) in [5.74, 6) is 5.54. The molecule has 0 spiro atoms. The third-order valence-electron chi connectivity index (χ3n) is 24.7. The van der Waals surface area contributed by atoms with Crippen LogP contribution in [0.1, 0.15) is 114 Å². The highest BCUT2D eigenvalue weighted by Crippen LogP contribution is 2.44. The zero-order chi connectivity index (χ0) is 108. The standard InChI is InChI=1S/C24H23N5O3.C21H21N5O2.C17H20BNO3.C12H24B2O4.C11H8BrNO.C10H13ClN4O.C6H5BrO.C5H4FN.C3H3ClO/c1-2-22(30)29-15-13-28(14-16-29)20-11-10-19(24(25)31)23(27-20)17-6-8-18(9-7-17)32-21-5-3-4-12-26-21;22-21(27)17-8-9-18(26-13-11-23-12-14-26)25-20(17)15-4-6-16(7-5-15)28-19-3-1-2-10-24-19;1-16(2)17(3,4)22-18(21-16)13-8-10-14(11-9-13)20-15-7-5-6-12-19-15;1-9(2)10(3,4)16-13(15-9)14-17-11(5,6)12(7,8)18-14;12-9-4-6-10(7-5-9)14-11-3-1-2-8-13-11;11-9-7(10(12)16)1-2-8(14-9)15-5-3-13-4-6-15;7-5-1-3-6(8)4-2-5;6-5-3-1-2-4-7-5;1-2-3(4)5/h2-12H,1,13-16H2,(H2,25,31);1-10,23H,11-14H2,(H2,22,27);5-12H,1-4H3;1-8H3;1-8H;1-2,13H,3-6H2,(H2,12,16);1-4,8H;1-4H;2H,1H2. The molecule has 0 bridgehead atoms. The van der Waals surface area contributed by atoms with Crippen molar-refractivity contribution in [1.29, 1.82) is 0 Å². The van der Waals surface area contributed by atoms with Gasteiger partial charge in [-0.2, -0.15) is 4.39 Å². The monoisotopic (exact) mass is 2200 g/mol. The van der Waals surface area contributed by atoms with Gasteiger partial charge in [-0.3, -0.25) is 24.0 Å². The van der Waals surface area contributed by atoms with E-state index in [1.807, 2.05) is 235 Å². The van der Waals surface area contributed by atoms with Gasteiger partial charge in [0.05, 0.1) is 61.7 Å². The molecule has 6 aliphatic rings. The van der Waals surface area contributed by atoms with E-state index in [1.165, 1.54) is 18.3 Å². The van der Waals surface area contributed by atoms with Crippen LogP contribution in [0, 0.1) is 5.95 Å². The molecule has 33 nitrogen and oxygen atoms in total. The van der Waals surface area contributed by atoms with Crippen molar-refractivity contribution in [2.24, 2.45) is 17.2 Å². The van der Waals surface area contributed by atoms with Crippen LogP contribution in [-0.2, 0) is 37.5 Å². The second-order valence-corrected chi connectivity index (χ2v) is 39.4. The van der Waals surface area contributed by atoms with E-state index in [-0.39, 0.29) is 57.3 Å². The van der Waals surface area contributed by atoms with Gasteiger partial charge < -0.3 is 99.4 Å². The fourth-order valence-corrected chi connectivity index (χ4v) is 15.1. The number of aromatic hydroxyl groups is 1. The lowest BCUT2D eigenvalue weighted by Crippen LogP contribution is -2.48. The van der Waals surface area contributed by atoms with E-state index in [2.05, 4.69) is 100 Å². The number of piperazine rings is 3. The number of halogens is 5. The van der Waals surface area contributed by atoms with E-state index in [1.54, 1.807) is 121 Å². The van der Waals surface area contributed by atoms with Crippen molar-refractivity contribution in [3.8, 4) is 74.8 Å². The maximum atomic E-state index is 12.0. The number of phenolic OH excluding ortho intramolecular Hbond substituents is 1. The number of carbonyl (C=O) groups is 5. The number of aromatic nitrogens is 8. The number of rotatable bonds is 20. The smallest absolute Gasteiger partial charge is 0.494 e. The summed E-state index contributed by atoms with van der Waals surface area (Å²) in [6, 6.07) is 73.9. The predicted octanol–water partition coefficient (Wildman–Crippen LogP) is 18.9. The van der Waals surface area contributed by atoms with Crippen LogP contribution in [0.5, 0.6) is 52.3 Å². The molecule has 0 atom stereocenters. The van der Waals surface area contributed by atoms with Crippen LogP contribution in [0.2, 0.25) is 5.15 Å². The zero-order valence-electron chi connectivity index (χ0n) is 85.4. The van der Waals surface area contributed by atoms with Crippen molar-refractivity contribution >= 4 is 128 Å². The molecule has 6 saturated heterocycles. The molecular formula is C109H121B3Br2Cl2FN17O16.